The van der Waals surface area contributed by atoms with Gasteiger partial charge in [0.25, 0.3) is 0 Å². The summed E-state index contributed by atoms with van der Waals surface area (Å²) in [6, 6.07) is 21.7. The van der Waals surface area contributed by atoms with Crippen LogP contribution in [0.1, 0.15) is 37.8 Å². The first-order valence-electron chi connectivity index (χ1n) is 13.3. The third-order valence-corrected chi connectivity index (χ3v) is 7.24. The van der Waals surface area contributed by atoms with E-state index in [2.05, 4.69) is 82.3 Å². The van der Waals surface area contributed by atoms with E-state index in [9.17, 15) is 0 Å². The SMILES string of the molecule is CC.Cc1cc2ccccc2nc1N1CCN(CC2CCCN(CCc3ccccc3)C2)CC1. The van der Waals surface area contributed by atoms with E-state index in [0.29, 0.717) is 0 Å². The number of hydrogen-bond donors (Lipinski definition) is 0. The largest absolute Gasteiger partial charge is 0.354 e. The molecule has 0 aliphatic carbocycles. The maximum Gasteiger partial charge on any atom is 0.132 e. The summed E-state index contributed by atoms with van der Waals surface area (Å²) in [5, 5.41) is 1.24. The lowest BCUT2D eigenvalue weighted by Gasteiger charge is -2.40. The van der Waals surface area contributed by atoms with Crippen molar-refractivity contribution in [2.45, 2.75) is 40.0 Å². The van der Waals surface area contributed by atoms with Crippen molar-refractivity contribution in [2.24, 2.45) is 5.92 Å². The van der Waals surface area contributed by atoms with Crippen LogP contribution in [0.2, 0.25) is 0 Å². The first-order chi connectivity index (χ1) is 16.7. The lowest BCUT2D eigenvalue weighted by molar-refractivity contribution is 0.130. The molecule has 0 bridgehead atoms. The number of piperidine rings is 1. The molecule has 2 aliphatic heterocycles. The molecule has 0 N–H and O–H groups in total. The first kappa shape index (κ1) is 24.7. The van der Waals surface area contributed by atoms with Gasteiger partial charge < -0.3 is 9.80 Å². The van der Waals surface area contributed by atoms with Crippen LogP contribution < -0.4 is 4.90 Å². The molecule has 1 aromatic heterocycles. The summed E-state index contributed by atoms with van der Waals surface area (Å²) in [7, 11) is 0. The van der Waals surface area contributed by atoms with Gasteiger partial charge in [0.15, 0.2) is 0 Å². The lowest BCUT2D eigenvalue weighted by Crippen LogP contribution is -2.50. The zero-order valence-corrected chi connectivity index (χ0v) is 21.4. The summed E-state index contributed by atoms with van der Waals surface area (Å²) in [5.74, 6) is 1.99. The number of aryl methyl sites for hydroxylation is 1. The average molecular weight is 459 g/mol. The molecule has 2 saturated heterocycles. The quantitative estimate of drug-likeness (QED) is 0.476. The van der Waals surface area contributed by atoms with Gasteiger partial charge in [-0.2, -0.15) is 0 Å². The highest BCUT2D eigenvalue weighted by molar-refractivity contribution is 5.81. The predicted octanol–water partition coefficient (Wildman–Crippen LogP) is 5.65. The third-order valence-electron chi connectivity index (χ3n) is 7.24. The normalized spacial score (nSPS) is 19.6. The summed E-state index contributed by atoms with van der Waals surface area (Å²) in [5.41, 5.74) is 3.86. The molecule has 2 aromatic carbocycles. The highest BCUT2D eigenvalue weighted by Crippen LogP contribution is 2.25. The molecule has 5 rings (SSSR count). The van der Waals surface area contributed by atoms with Crippen LogP contribution >= 0.6 is 0 Å². The van der Waals surface area contributed by atoms with Crippen molar-refractivity contribution < 1.29 is 0 Å². The van der Waals surface area contributed by atoms with Crippen molar-refractivity contribution in [3.8, 4) is 0 Å². The minimum Gasteiger partial charge on any atom is -0.354 e. The number of likely N-dealkylation sites (tertiary alicyclic amines) is 1. The number of anilines is 1. The van der Waals surface area contributed by atoms with Crippen LogP contribution in [0.15, 0.2) is 60.7 Å². The number of aromatic nitrogens is 1. The van der Waals surface area contributed by atoms with Crippen LogP contribution in [-0.2, 0) is 6.42 Å². The summed E-state index contributed by atoms with van der Waals surface area (Å²) < 4.78 is 0. The second-order valence-electron chi connectivity index (χ2n) is 9.65. The Kier molecular flexibility index (Phi) is 8.95. The van der Waals surface area contributed by atoms with Gasteiger partial charge in [0, 0.05) is 51.2 Å². The second-order valence-corrected chi connectivity index (χ2v) is 9.65. The van der Waals surface area contributed by atoms with Crippen LogP contribution in [0.5, 0.6) is 0 Å². The highest BCUT2D eigenvalue weighted by atomic mass is 15.3. The summed E-state index contributed by atoms with van der Waals surface area (Å²) in [6.07, 6.45) is 3.90. The topological polar surface area (TPSA) is 22.6 Å². The minimum absolute atomic E-state index is 0.812. The standard InChI is InChI=1S/C28H36N4.C2H6/c1-23-20-26-11-5-6-12-27(26)29-28(23)32-18-16-31(17-19-32)22-25-10-7-14-30(21-25)15-13-24-8-3-2-4-9-24;1-2/h2-6,8-9,11-12,20,25H,7,10,13-19,21-22H2,1H3;1-2H3. The third kappa shape index (κ3) is 6.37. The Balaban J connectivity index is 0.00000133. The molecule has 1 unspecified atom stereocenters. The van der Waals surface area contributed by atoms with E-state index in [4.69, 9.17) is 4.98 Å². The molecular formula is C30H42N4. The van der Waals surface area contributed by atoms with Crippen molar-refractivity contribution in [1.82, 2.24) is 14.8 Å². The Morgan fingerprint density at radius 1 is 0.853 bits per heavy atom. The fourth-order valence-corrected chi connectivity index (χ4v) is 5.47. The van der Waals surface area contributed by atoms with E-state index in [0.717, 1.165) is 37.6 Å². The Labute approximate surface area is 206 Å². The zero-order chi connectivity index (χ0) is 23.8. The first-order valence-corrected chi connectivity index (χ1v) is 13.3. The van der Waals surface area contributed by atoms with Crippen LogP contribution in [0.3, 0.4) is 0 Å². The van der Waals surface area contributed by atoms with Crippen LogP contribution in [-0.4, -0.2) is 67.1 Å². The Morgan fingerprint density at radius 3 is 2.38 bits per heavy atom. The maximum absolute atomic E-state index is 5.00. The van der Waals surface area contributed by atoms with Crippen molar-refractivity contribution in [3.63, 3.8) is 0 Å². The van der Waals surface area contributed by atoms with Gasteiger partial charge in [0.2, 0.25) is 0 Å². The Bertz CT molecular complexity index is 1010. The fraction of sp³-hybridized carbons (Fsp3) is 0.500. The van der Waals surface area contributed by atoms with Crippen molar-refractivity contribution >= 4 is 16.7 Å². The number of rotatable bonds is 6. The van der Waals surface area contributed by atoms with E-state index >= 15 is 0 Å². The van der Waals surface area contributed by atoms with E-state index < -0.39 is 0 Å². The van der Waals surface area contributed by atoms with Gasteiger partial charge in [0.1, 0.15) is 5.82 Å². The molecule has 0 radical (unpaired) electrons. The molecule has 182 valence electrons. The number of fused-ring (bicyclic) bond motifs is 1. The molecule has 4 heteroatoms. The molecular weight excluding hydrogens is 416 g/mol. The van der Waals surface area contributed by atoms with Gasteiger partial charge in [-0.3, -0.25) is 4.90 Å². The van der Waals surface area contributed by atoms with Crippen molar-refractivity contribution in [2.75, 3.05) is 57.3 Å². The van der Waals surface area contributed by atoms with Gasteiger partial charge in [-0.25, -0.2) is 4.98 Å². The van der Waals surface area contributed by atoms with Gasteiger partial charge in [-0.05, 0) is 61.9 Å². The predicted molar refractivity (Wildman–Crippen MR) is 146 cm³/mol. The van der Waals surface area contributed by atoms with Gasteiger partial charge >= 0.3 is 0 Å². The smallest absolute Gasteiger partial charge is 0.132 e. The number of hydrogen-bond acceptors (Lipinski definition) is 4. The van der Waals surface area contributed by atoms with Gasteiger partial charge in [-0.15, -0.1) is 0 Å². The summed E-state index contributed by atoms with van der Waals surface area (Å²) in [4.78, 5) is 12.9. The fourth-order valence-electron chi connectivity index (χ4n) is 5.47. The maximum atomic E-state index is 5.00. The number of benzene rings is 2. The zero-order valence-electron chi connectivity index (χ0n) is 21.4. The molecule has 2 aliphatic rings. The average Bonchev–Trinajstić information content (AvgIpc) is 2.90. The van der Waals surface area contributed by atoms with Gasteiger partial charge in [-0.1, -0.05) is 62.4 Å². The molecule has 1 atom stereocenters. The van der Waals surface area contributed by atoms with E-state index in [1.165, 1.54) is 67.8 Å². The number of pyridine rings is 1. The molecule has 3 aromatic rings. The summed E-state index contributed by atoms with van der Waals surface area (Å²) in [6.45, 7) is 15.6. The Morgan fingerprint density at radius 2 is 1.59 bits per heavy atom. The van der Waals surface area contributed by atoms with E-state index in [1.807, 2.05) is 13.8 Å². The Hall–Kier alpha value is -2.43. The monoisotopic (exact) mass is 458 g/mol. The van der Waals surface area contributed by atoms with Crippen LogP contribution in [0.4, 0.5) is 5.82 Å². The number of nitrogens with zero attached hydrogens (tertiary/aromatic N) is 4. The molecule has 2 fully saturated rings. The number of para-hydroxylation sites is 1. The second kappa shape index (κ2) is 12.3. The molecule has 0 amide bonds. The van der Waals surface area contributed by atoms with Crippen molar-refractivity contribution in [3.05, 3.63) is 71.8 Å². The van der Waals surface area contributed by atoms with Gasteiger partial charge in [0.05, 0.1) is 5.52 Å². The summed E-state index contributed by atoms with van der Waals surface area (Å²) >= 11 is 0. The lowest BCUT2D eigenvalue weighted by atomic mass is 9.96. The van der Waals surface area contributed by atoms with Crippen molar-refractivity contribution in [1.29, 1.82) is 0 Å². The molecule has 0 saturated carbocycles. The van der Waals surface area contributed by atoms with E-state index in [1.54, 1.807) is 0 Å². The molecule has 4 nitrogen and oxygen atoms in total. The minimum atomic E-state index is 0.812. The van der Waals surface area contributed by atoms with Crippen LogP contribution in [0.25, 0.3) is 10.9 Å². The van der Waals surface area contributed by atoms with Crippen LogP contribution in [0, 0.1) is 12.8 Å². The van der Waals surface area contributed by atoms with E-state index in [-0.39, 0.29) is 0 Å². The molecule has 34 heavy (non-hydrogen) atoms. The highest BCUT2D eigenvalue weighted by Gasteiger charge is 2.25. The molecule has 0 spiro atoms. The molecule has 3 heterocycles. The number of piperazine rings is 1.